The van der Waals surface area contributed by atoms with Gasteiger partial charge in [-0.1, -0.05) is 42.5 Å². The molecule has 0 atom stereocenters. The lowest BCUT2D eigenvalue weighted by Gasteiger charge is -2.21. The zero-order valence-electron chi connectivity index (χ0n) is 15.0. The van der Waals surface area contributed by atoms with Crippen molar-refractivity contribution >= 4 is 27.3 Å². The van der Waals surface area contributed by atoms with E-state index >= 15 is 0 Å². The highest BCUT2D eigenvalue weighted by atomic mass is 32.2. The Morgan fingerprint density at radius 1 is 0.963 bits per heavy atom. The van der Waals surface area contributed by atoms with Gasteiger partial charge in [0.2, 0.25) is 10.0 Å². The van der Waals surface area contributed by atoms with Crippen molar-refractivity contribution in [3.63, 3.8) is 0 Å². The van der Waals surface area contributed by atoms with Crippen molar-refractivity contribution in [3.05, 3.63) is 78.6 Å². The van der Waals surface area contributed by atoms with E-state index < -0.39 is 15.9 Å². The molecule has 0 aliphatic rings. The van der Waals surface area contributed by atoms with Crippen molar-refractivity contribution in [1.29, 1.82) is 0 Å². The Balaban J connectivity index is 2.05. The number of nitrogens with one attached hydrogen (secondary N) is 1. The molecule has 0 fully saturated rings. The van der Waals surface area contributed by atoms with E-state index in [0.29, 0.717) is 11.4 Å². The van der Waals surface area contributed by atoms with Crippen molar-refractivity contribution < 1.29 is 13.2 Å². The van der Waals surface area contributed by atoms with Crippen LogP contribution in [0.2, 0.25) is 0 Å². The lowest BCUT2D eigenvalue weighted by molar-refractivity contribution is 0.102. The van der Waals surface area contributed by atoms with Crippen molar-refractivity contribution in [2.24, 2.45) is 0 Å². The van der Waals surface area contributed by atoms with Gasteiger partial charge in [-0.2, -0.15) is 0 Å². The quantitative estimate of drug-likeness (QED) is 0.735. The topological polar surface area (TPSA) is 79.4 Å². The van der Waals surface area contributed by atoms with E-state index in [-0.39, 0.29) is 5.69 Å². The molecule has 138 valence electrons. The number of carbonyl (C=O) groups excluding carboxylic acids is 1. The molecule has 1 N–H and O–H groups in total. The summed E-state index contributed by atoms with van der Waals surface area (Å²) in [4.78, 5) is 16.6. The van der Waals surface area contributed by atoms with E-state index in [0.717, 1.165) is 21.7 Å². The number of hydrogen-bond donors (Lipinski definition) is 1. The SMILES string of the molecule is CN(c1ccc(-c2ccccc2)cc1NC(=O)c1ccccn1)S(C)(=O)=O. The minimum absolute atomic E-state index is 0.246. The van der Waals surface area contributed by atoms with Gasteiger partial charge in [-0.25, -0.2) is 8.42 Å². The molecule has 0 bridgehead atoms. The maximum atomic E-state index is 12.5. The zero-order chi connectivity index (χ0) is 19.4. The number of benzene rings is 2. The first-order valence-electron chi connectivity index (χ1n) is 8.22. The summed E-state index contributed by atoms with van der Waals surface area (Å²) in [5.74, 6) is -0.413. The van der Waals surface area contributed by atoms with E-state index in [1.54, 1.807) is 30.3 Å². The monoisotopic (exact) mass is 381 g/mol. The van der Waals surface area contributed by atoms with E-state index in [2.05, 4.69) is 10.3 Å². The van der Waals surface area contributed by atoms with Crippen LogP contribution >= 0.6 is 0 Å². The van der Waals surface area contributed by atoms with E-state index in [4.69, 9.17) is 0 Å². The first-order valence-corrected chi connectivity index (χ1v) is 10.1. The van der Waals surface area contributed by atoms with Crippen molar-refractivity contribution in [1.82, 2.24) is 4.98 Å². The first kappa shape index (κ1) is 18.6. The third-order valence-electron chi connectivity index (χ3n) is 4.09. The fraction of sp³-hybridized carbons (Fsp3) is 0.100. The summed E-state index contributed by atoms with van der Waals surface area (Å²) in [7, 11) is -2.04. The average molecular weight is 381 g/mol. The summed E-state index contributed by atoms with van der Waals surface area (Å²) in [5, 5.41) is 2.78. The molecule has 0 spiro atoms. The molecule has 1 aromatic heterocycles. The van der Waals surface area contributed by atoms with Gasteiger partial charge in [0.15, 0.2) is 0 Å². The fourth-order valence-electron chi connectivity index (χ4n) is 2.58. The van der Waals surface area contributed by atoms with E-state index in [9.17, 15) is 13.2 Å². The van der Waals surface area contributed by atoms with Gasteiger partial charge in [0.1, 0.15) is 5.69 Å². The third-order valence-corrected chi connectivity index (χ3v) is 5.28. The number of sulfonamides is 1. The zero-order valence-corrected chi connectivity index (χ0v) is 15.8. The largest absolute Gasteiger partial charge is 0.319 e. The van der Waals surface area contributed by atoms with Gasteiger partial charge in [-0.15, -0.1) is 0 Å². The molecule has 0 radical (unpaired) electrons. The van der Waals surface area contributed by atoms with Gasteiger partial charge in [0, 0.05) is 13.2 Å². The normalized spacial score (nSPS) is 11.0. The van der Waals surface area contributed by atoms with Crippen LogP contribution in [0.4, 0.5) is 11.4 Å². The summed E-state index contributed by atoms with van der Waals surface area (Å²) in [6.45, 7) is 0. The number of rotatable bonds is 5. The van der Waals surface area contributed by atoms with Gasteiger partial charge in [-0.05, 0) is 35.4 Å². The second kappa shape index (κ2) is 7.59. The standard InChI is InChI=1S/C20H19N3O3S/c1-23(27(2,25)26)19-12-11-16(15-8-4-3-5-9-15)14-18(19)22-20(24)17-10-6-7-13-21-17/h3-14H,1-2H3,(H,22,24). The third kappa shape index (κ3) is 4.32. The highest BCUT2D eigenvalue weighted by molar-refractivity contribution is 7.92. The van der Waals surface area contributed by atoms with Crippen LogP contribution in [0.15, 0.2) is 72.9 Å². The predicted molar refractivity (Wildman–Crippen MR) is 107 cm³/mol. The fourth-order valence-corrected chi connectivity index (χ4v) is 3.10. The minimum Gasteiger partial charge on any atom is -0.319 e. The first-order chi connectivity index (χ1) is 12.9. The van der Waals surface area contributed by atoms with Crippen LogP contribution in [0, 0.1) is 0 Å². The molecule has 0 unspecified atom stereocenters. The summed E-state index contributed by atoms with van der Waals surface area (Å²) in [5.41, 5.74) is 2.83. The molecule has 7 heteroatoms. The Kier molecular flexibility index (Phi) is 5.23. The molecule has 1 heterocycles. The molecule has 1 amide bonds. The van der Waals surface area contributed by atoms with Crippen LogP contribution in [0.5, 0.6) is 0 Å². The Hall–Kier alpha value is -3.19. The number of amides is 1. The Labute approximate surface area is 158 Å². The Bertz CT molecular complexity index is 1050. The van der Waals surface area contributed by atoms with Gasteiger partial charge in [0.05, 0.1) is 17.6 Å². The number of anilines is 2. The molecule has 0 saturated heterocycles. The van der Waals surface area contributed by atoms with Crippen LogP contribution in [-0.4, -0.2) is 32.6 Å². The Morgan fingerprint density at radius 2 is 1.67 bits per heavy atom. The van der Waals surface area contributed by atoms with Gasteiger partial charge in [-0.3, -0.25) is 14.1 Å². The lowest BCUT2D eigenvalue weighted by atomic mass is 10.0. The van der Waals surface area contributed by atoms with Gasteiger partial charge < -0.3 is 5.32 Å². The molecule has 27 heavy (non-hydrogen) atoms. The number of pyridine rings is 1. The number of hydrogen-bond acceptors (Lipinski definition) is 4. The molecule has 3 aromatic rings. The molecule has 2 aromatic carbocycles. The van der Waals surface area contributed by atoms with Crippen LogP contribution in [0.1, 0.15) is 10.5 Å². The number of aromatic nitrogens is 1. The molecule has 0 saturated carbocycles. The van der Waals surface area contributed by atoms with Crippen LogP contribution < -0.4 is 9.62 Å². The van der Waals surface area contributed by atoms with Gasteiger partial charge in [0.25, 0.3) is 5.91 Å². The summed E-state index contributed by atoms with van der Waals surface area (Å²) < 4.78 is 25.1. The number of carbonyl (C=O) groups is 1. The van der Waals surface area contributed by atoms with Crippen molar-refractivity contribution in [2.45, 2.75) is 0 Å². The van der Waals surface area contributed by atoms with Crippen LogP contribution in [0.3, 0.4) is 0 Å². The molecular formula is C20H19N3O3S. The predicted octanol–water partition coefficient (Wildman–Crippen LogP) is 3.40. The average Bonchev–Trinajstić information content (AvgIpc) is 2.68. The smallest absolute Gasteiger partial charge is 0.274 e. The number of nitrogens with zero attached hydrogens (tertiary/aromatic N) is 2. The summed E-state index contributed by atoms with van der Waals surface area (Å²) >= 11 is 0. The molecular weight excluding hydrogens is 362 g/mol. The molecule has 0 aliphatic heterocycles. The maximum absolute atomic E-state index is 12.5. The Morgan fingerprint density at radius 3 is 2.30 bits per heavy atom. The second-order valence-corrected chi connectivity index (χ2v) is 8.01. The molecule has 0 aliphatic carbocycles. The van der Waals surface area contributed by atoms with E-state index in [1.807, 2.05) is 36.4 Å². The maximum Gasteiger partial charge on any atom is 0.274 e. The molecule has 6 nitrogen and oxygen atoms in total. The molecule has 3 rings (SSSR count). The summed E-state index contributed by atoms with van der Waals surface area (Å²) in [6, 6.07) is 19.9. The lowest BCUT2D eigenvalue weighted by Crippen LogP contribution is -2.26. The van der Waals surface area contributed by atoms with Gasteiger partial charge >= 0.3 is 0 Å². The van der Waals surface area contributed by atoms with Crippen molar-refractivity contribution in [3.8, 4) is 11.1 Å². The highest BCUT2D eigenvalue weighted by Crippen LogP contribution is 2.32. The second-order valence-electron chi connectivity index (χ2n) is 6.00. The van der Waals surface area contributed by atoms with Crippen LogP contribution in [-0.2, 0) is 10.0 Å². The van der Waals surface area contributed by atoms with E-state index in [1.165, 1.54) is 13.2 Å². The minimum atomic E-state index is -3.49. The van der Waals surface area contributed by atoms with Crippen LogP contribution in [0.25, 0.3) is 11.1 Å². The summed E-state index contributed by atoms with van der Waals surface area (Å²) in [6.07, 6.45) is 2.64. The van der Waals surface area contributed by atoms with Crippen molar-refractivity contribution in [2.75, 3.05) is 22.9 Å². The highest BCUT2D eigenvalue weighted by Gasteiger charge is 2.19.